The molecular weight excluding hydrogens is 307 g/mol. The molecule has 2 radical (unpaired) electrons. The van der Waals surface area contributed by atoms with E-state index < -0.39 is 0 Å². The third kappa shape index (κ3) is 57.7. The van der Waals surface area contributed by atoms with E-state index in [2.05, 4.69) is 0 Å². The van der Waals surface area contributed by atoms with Crippen molar-refractivity contribution in [2.75, 3.05) is 0 Å². The molecule has 0 aliphatic heterocycles. The van der Waals surface area contributed by atoms with E-state index in [4.69, 9.17) is 0 Å². The Morgan fingerprint density at radius 2 is 1.33 bits per heavy atom. The van der Waals surface area contributed by atoms with Crippen molar-refractivity contribution in [1.29, 1.82) is 0 Å². The zero-order valence-corrected chi connectivity index (χ0v) is 11.2. The molecule has 3 heteroatoms. The van der Waals surface area contributed by atoms with Gasteiger partial charge in [0.05, 0.1) is 0 Å². The summed E-state index contributed by atoms with van der Waals surface area (Å²) in [6, 6.07) is 0. The topological polar surface area (TPSA) is 17.1 Å². The average Bonchev–Trinajstić information content (AvgIpc) is 0.811. The predicted molar refractivity (Wildman–Crippen MR) is 24.9 cm³/mol. The summed E-state index contributed by atoms with van der Waals surface area (Å²) in [5, 5.41) is 0. The van der Waals surface area contributed by atoms with Crippen molar-refractivity contribution in [1.82, 2.24) is 0 Å². The molecule has 0 saturated carbocycles. The van der Waals surface area contributed by atoms with Gasteiger partial charge in [-0.2, -0.15) is 0 Å². The van der Waals surface area contributed by atoms with Crippen molar-refractivity contribution in [3.05, 3.63) is 0 Å². The Labute approximate surface area is 72.9 Å². The van der Waals surface area contributed by atoms with E-state index >= 15 is 0 Å². The summed E-state index contributed by atoms with van der Waals surface area (Å²) in [6.07, 6.45) is 0. The number of ketones is 1. The van der Waals surface area contributed by atoms with Crippen LogP contribution in [-0.4, -0.2) is 33.1 Å². The summed E-state index contributed by atoms with van der Waals surface area (Å²) in [5.41, 5.74) is 0. The standard InChI is InChI=1S/C3H6O.Pb.Ti.2H/c1-3(2)4;;;;/h1-2H3;;;;. The summed E-state index contributed by atoms with van der Waals surface area (Å²) in [6.45, 7) is 3.06. The third-order valence-corrected chi connectivity index (χ3v) is 0. The number of hydrogen-bond donors (Lipinski definition) is 0. The van der Waals surface area contributed by atoms with Crippen molar-refractivity contribution in [3.63, 3.8) is 0 Å². The van der Waals surface area contributed by atoms with Gasteiger partial charge in [-0.05, 0) is 13.8 Å². The van der Waals surface area contributed by atoms with Crippen LogP contribution in [0.3, 0.4) is 0 Å². The van der Waals surface area contributed by atoms with Crippen LogP contribution in [-0.2, 0) is 26.5 Å². The molecule has 0 fully saturated rings. The Hall–Kier alpha value is 1.31. The van der Waals surface area contributed by atoms with E-state index in [9.17, 15) is 4.79 Å². The Morgan fingerprint density at radius 1 is 1.33 bits per heavy atom. The van der Waals surface area contributed by atoms with Crippen LogP contribution in [0, 0.1) is 0 Å². The summed E-state index contributed by atoms with van der Waals surface area (Å²) >= 11 is 0. The minimum Gasteiger partial charge on any atom is 0 e. The van der Waals surface area contributed by atoms with Crippen LogP contribution in [0.25, 0.3) is 0 Å². The number of carbonyl (C=O) groups is 1. The Kier molecular flexibility index (Phi) is 25.0. The molecule has 1 nitrogen and oxygen atoms in total. The largest absolute Gasteiger partial charge is 0 e. The molecule has 0 aromatic heterocycles. The molecular formula is C3H8OPbTi. The van der Waals surface area contributed by atoms with Crippen molar-refractivity contribution in [3.8, 4) is 0 Å². The first-order valence-corrected chi connectivity index (χ1v) is 1.20. The Balaban J connectivity index is -0.0000000450. The summed E-state index contributed by atoms with van der Waals surface area (Å²) in [4.78, 5) is 9.44. The van der Waals surface area contributed by atoms with Gasteiger partial charge in [-0.15, -0.1) is 0 Å². The smallest absolute Gasteiger partial charge is 0 e. The summed E-state index contributed by atoms with van der Waals surface area (Å²) in [5.74, 6) is 0.167. The third-order valence-electron chi connectivity index (χ3n) is 0. The monoisotopic (exact) mass is 316 g/mol. The van der Waals surface area contributed by atoms with Gasteiger partial charge in [-0.1, -0.05) is 0 Å². The quantitative estimate of drug-likeness (QED) is 0.560. The fourth-order valence-corrected chi connectivity index (χ4v) is 0. The van der Waals surface area contributed by atoms with E-state index in [0.29, 0.717) is 0 Å². The molecule has 0 N–H and O–H groups in total. The maximum atomic E-state index is 9.44. The maximum absolute atomic E-state index is 9.44. The Morgan fingerprint density at radius 3 is 1.33 bits per heavy atom. The molecule has 0 heterocycles. The fraction of sp³-hybridized carbons (Fsp3) is 0.667. The van der Waals surface area contributed by atoms with Crippen LogP contribution < -0.4 is 0 Å². The van der Waals surface area contributed by atoms with Crippen molar-refractivity contribution in [2.24, 2.45) is 0 Å². The van der Waals surface area contributed by atoms with Crippen molar-refractivity contribution < 1.29 is 26.5 Å². The second-order valence-electron chi connectivity index (χ2n) is 0.908. The van der Waals surface area contributed by atoms with Gasteiger partial charge < -0.3 is 4.79 Å². The van der Waals surface area contributed by atoms with Crippen LogP contribution in [0.5, 0.6) is 0 Å². The number of hydrogen-bond acceptors (Lipinski definition) is 1. The molecule has 0 rings (SSSR count). The van der Waals surface area contributed by atoms with Crippen LogP contribution >= 0.6 is 0 Å². The molecule has 0 spiro atoms. The summed E-state index contributed by atoms with van der Waals surface area (Å²) < 4.78 is 0. The summed E-state index contributed by atoms with van der Waals surface area (Å²) in [7, 11) is 0. The second kappa shape index (κ2) is 9.58. The van der Waals surface area contributed by atoms with Gasteiger partial charge >= 0.3 is 27.3 Å². The van der Waals surface area contributed by atoms with Gasteiger partial charge in [0.1, 0.15) is 5.78 Å². The normalized spacial score (nSPS) is 4.33. The van der Waals surface area contributed by atoms with E-state index in [1.165, 1.54) is 13.8 Å². The first-order chi connectivity index (χ1) is 1.73. The van der Waals surface area contributed by atoms with E-state index in [1.54, 1.807) is 0 Å². The number of carbonyl (C=O) groups excluding carboxylic acids is 1. The molecule has 0 bridgehead atoms. The number of rotatable bonds is 0. The van der Waals surface area contributed by atoms with Crippen LogP contribution in [0.1, 0.15) is 13.8 Å². The minimum atomic E-state index is 0. The van der Waals surface area contributed by atoms with Gasteiger partial charge in [-0.3, -0.25) is 0 Å². The van der Waals surface area contributed by atoms with Crippen LogP contribution in [0.4, 0.5) is 0 Å². The second-order valence-corrected chi connectivity index (χ2v) is 0.908. The van der Waals surface area contributed by atoms with E-state index in [1.807, 2.05) is 0 Å². The molecule has 6 heavy (non-hydrogen) atoms. The molecule has 0 saturated heterocycles. The van der Waals surface area contributed by atoms with Gasteiger partial charge in [0.15, 0.2) is 0 Å². The molecule has 0 aromatic carbocycles. The SMILES string of the molecule is CC(C)=O.[PbH2].[Ti]. The molecule has 0 aromatic rings. The van der Waals surface area contributed by atoms with Gasteiger partial charge in [0.2, 0.25) is 0 Å². The van der Waals surface area contributed by atoms with Gasteiger partial charge in [-0.25, -0.2) is 0 Å². The van der Waals surface area contributed by atoms with Gasteiger partial charge in [0, 0.05) is 21.7 Å². The Bertz CT molecular complexity index is 33.8. The molecule has 0 amide bonds. The minimum absolute atomic E-state index is 0. The van der Waals surface area contributed by atoms with Crippen LogP contribution in [0.2, 0.25) is 0 Å². The molecule has 0 atom stereocenters. The zero-order valence-electron chi connectivity index (χ0n) is 4.12. The fourth-order valence-electron chi connectivity index (χ4n) is 0. The molecule has 0 aliphatic carbocycles. The van der Waals surface area contributed by atoms with E-state index in [-0.39, 0.29) is 54.8 Å². The number of Topliss-reactive ketones (excluding diaryl/α,β-unsaturated/α-hetero) is 1. The average molecular weight is 315 g/mol. The molecule has 0 unspecified atom stereocenters. The van der Waals surface area contributed by atoms with Crippen molar-refractivity contribution in [2.45, 2.75) is 13.8 Å². The first-order valence-electron chi connectivity index (χ1n) is 1.20. The van der Waals surface area contributed by atoms with Gasteiger partial charge in [0.25, 0.3) is 0 Å². The first kappa shape index (κ1) is 15.7. The van der Waals surface area contributed by atoms with E-state index in [0.717, 1.165) is 0 Å². The van der Waals surface area contributed by atoms with Crippen molar-refractivity contribution >= 4 is 33.1 Å². The maximum Gasteiger partial charge on any atom is 0 e. The molecule has 0 aliphatic rings. The zero-order chi connectivity index (χ0) is 3.58. The van der Waals surface area contributed by atoms with Crippen LogP contribution in [0.15, 0.2) is 0 Å². The molecule has 34 valence electrons. The predicted octanol–water partition coefficient (Wildman–Crippen LogP) is -0.323.